The van der Waals surface area contributed by atoms with E-state index in [-0.39, 0.29) is 12.6 Å². The van der Waals surface area contributed by atoms with E-state index in [9.17, 15) is 4.39 Å². The molecule has 0 bridgehead atoms. The summed E-state index contributed by atoms with van der Waals surface area (Å²) >= 11 is 0. The molecule has 0 saturated heterocycles. The van der Waals surface area contributed by atoms with Crippen molar-refractivity contribution in [1.29, 1.82) is 0 Å². The molecule has 0 aliphatic carbocycles. The van der Waals surface area contributed by atoms with E-state index in [2.05, 4.69) is 6.92 Å². The largest absolute Gasteiger partial charge is 0.251 e. The van der Waals surface area contributed by atoms with Gasteiger partial charge in [-0.1, -0.05) is 6.92 Å². The fourth-order valence-corrected chi connectivity index (χ4v) is 0. The van der Waals surface area contributed by atoms with Gasteiger partial charge in [0.05, 0.1) is 6.67 Å². The zero-order chi connectivity index (χ0) is 4.28. The van der Waals surface area contributed by atoms with Gasteiger partial charge in [0, 0.05) is 0 Å². The lowest BCUT2D eigenvalue weighted by atomic mass is 10.3. The summed E-state index contributed by atoms with van der Waals surface area (Å²) in [5.41, 5.74) is 0. The molecule has 0 heterocycles. The Bertz CT molecular complexity index is 17.6. The minimum atomic E-state index is -0.306. The van der Waals surface area contributed by atoms with E-state index in [0.29, 0.717) is 0 Å². The van der Waals surface area contributed by atoms with Crippen molar-refractivity contribution in [3.05, 3.63) is 6.92 Å². The van der Waals surface area contributed by atoms with Gasteiger partial charge >= 0.3 is 0 Å². The molecule has 0 N–H and O–H groups in total. The zero-order valence-corrected chi connectivity index (χ0v) is 3.37. The Morgan fingerprint density at radius 2 is 2.20 bits per heavy atom. The van der Waals surface area contributed by atoms with Gasteiger partial charge in [0.2, 0.25) is 0 Å². The van der Waals surface area contributed by atoms with Gasteiger partial charge in [-0.15, -0.1) is 0 Å². The lowest BCUT2D eigenvalue weighted by Crippen LogP contribution is -1.85. The van der Waals surface area contributed by atoms with E-state index in [0.717, 1.165) is 0 Å². The predicted octanol–water partition coefficient (Wildman–Crippen LogP) is 1.43. The summed E-state index contributed by atoms with van der Waals surface area (Å²) in [5.74, 6) is -0.0324. The van der Waals surface area contributed by atoms with Crippen molar-refractivity contribution in [2.24, 2.45) is 5.92 Å². The van der Waals surface area contributed by atoms with E-state index in [1.807, 2.05) is 0 Å². The summed E-state index contributed by atoms with van der Waals surface area (Å²) < 4.78 is 11.1. The maximum Gasteiger partial charge on any atom is 0.0919 e. The Balaban J connectivity index is 2.54. The summed E-state index contributed by atoms with van der Waals surface area (Å²) in [6.45, 7) is 4.81. The van der Waals surface area contributed by atoms with Crippen molar-refractivity contribution in [1.82, 2.24) is 0 Å². The smallest absolute Gasteiger partial charge is 0.0919 e. The van der Waals surface area contributed by atoms with Gasteiger partial charge in [-0.25, -0.2) is 0 Å². The van der Waals surface area contributed by atoms with E-state index in [1.165, 1.54) is 0 Å². The highest BCUT2D eigenvalue weighted by Crippen LogP contribution is 1.87. The fourth-order valence-electron chi connectivity index (χ4n) is 0. The summed E-state index contributed by atoms with van der Waals surface area (Å²) in [6.07, 6.45) is 0. The summed E-state index contributed by atoms with van der Waals surface area (Å²) in [4.78, 5) is 0. The first-order chi connectivity index (χ1) is 2.27. The van der Waals surface area contributed by atoms with E-state index < -0.39 is 0 Å². The van der Waals surface area contributed by atoms with Gasteiger partial charge < -0.3 is 0 Å². The first-order valence-corrected chi connectivity index (χ1v) is 1.66. The normalized spacial score (nSPS) is 9.60. The zero-order valence-electron chi connectivity index (χ0n) is 3.37. The highest BCUT2D eigenvalue weighted by Gasteiger charge is 1.84. The van der Waals surface area contributed by atoms with E-state index in [1.54, 1.807) is 6.92 Å². The van der Waals surface area contributed by atoms with Gasteiger partial charge in [-0.2, -0.15) is 0 Å². The Hall–Kier alpha value is -0.0700. The van der Waals surface area contributed by atoms with Crippen molar-refractivity contribution in [2.45, 2.75) is 6.92 Å². The Morgan fingerprint density at radius 1 is 2.00 bits per heavy atom. The van der Waals surface area contributed by atoms with Gasteiger partial charge in [-0.05, 0) is 12.8 Å². The average Bonchev–Trinajstić information content (AvgIpc) is 1.38. The number of hydrogen-bond donors (Lipinski definition) is 0. The number of rotatable bonds is 1. The van der Waals surface area contributed by atoms with Gasteiger partial charge in [0.25, 0.3) is 0 Å². The van der Waals surface area contributed by atoms with Crippen LogP contribution in [-0.2, 0) is 0 Å². The second-order valence-corrected chi connectivity index (χ2v) is 1.26. The van der Waals surface area contributed by atoms with Crippen molar-refractivity contribution in [3.8, 4) is 0 Å². The summed E-state index contributed by atoms with van der Waals surface area (Å²) in [6, 6.07) is 0. The lowest BCUT2D eigenvalue weighted by Gasteiger charge is -1.87. The molecule has 0 aliphatic rings. The first-order valence-electron chi connectivity index (χ1n) is 1.66. The third kappa shape index (κ3) is 3.93. The minimum absolute atomic E-state index is 0.0324. The van der Waals surface area contributed by atoms with Crippen LogP contribution in [0.15, 0.2) is 0 Å². The molecule has 1 heteroatoms. The van der Waals surface area contributed by atoms with Crippen LogP contribution in [-0.4, -0.2) is 6.67 Å². The minimum Gasteiger partial charge on any atom is -0.251 e. The van der Waals surface area contributed by atoms with Crippen LogP contribution < -0.4 is 0 Å². The Labute approximate surface area is 32.0 Å². The summed E-state index contributed by atoms with van der Waals surface area (Å²) in [5, 5.41) is 0. The molecule has 1 atom stereocenters. The molecule has 1 radical (unpaired) electrons. The quantitative estimate of drug-likeness (QED) is 0.442. The number of halogens is 1. The fraction of sp³-hybridized carbons (Fsp3) is 0.750. The highest BCUT2D eigenvalue weighted by molar-refractivity contribution is 4.47. The molecule has 0 aromatic rings. The molecule has 0 nitrogen and oxygen atoms in total. The maximum absolute atomic E-state index is 11.1. The SMILES string of the molecule is [CH2]C(C)CF. The molecule has 0 saturated carbocycles. The van der Waals surface area contributed by atoms with E-state index in [4.69, 9.17) is 0 Å². The van der Waals surface area contributed by atoms with Crippen molar-refractivity contribution >= 4 is 0 Å². The number of alkyl halides is 1. The molecule has 0 rings (SSSR count). The monoisotopic (exact) mass is 75.1 g/mol. The van der Waals surface area contributed by atoms with Crippen molar-refractivity contribution in [2.75, 3.05) is 6.67 Å². The second-order valence-electron chi connectivity index (χ2n) is 1.26. The molecule has 0 aliphatic heterocycles. The van der Waals surface area contributed by atoms with E-state index >= 15 is 0 Å². The predicted molar refractivity (Wildman–Crippen MR) is 20.5 cm³/mol. The van der Waals surface area contributed by atoms with Crippen LogP contribution in [0.2, 0.25) is 0 Å². The number of hydrogen-bond acceptors (Lipinski definition) is 0. The molecule has 5 heavy (non-hydrogen) atoms. The van der Waals surface area contributed by atoms with Crippen molar-refractivity contribution < 1.29 is 4.39 Å². The molecule has 0 amide bonds. The topological polar surface area (TPSA) is 0 Å². The highest BCUT2D eigenvalue weighted by atomic mass is 19.1. The summed E-state index contributed by atoms with van der Waals surface area (Å²) in [7, 11) is 0. The Morgan fingerprint density at radius 3 is 2.20 bits per heavy atom. The van der Waals surface area contributed by atoms with Crippen LogP contribution in [0, 0.1) is 12.8 Å². The second kappa shape index (κ2) is 2.18. The van der Waals surface area contributed by atoms with Gasteiger partial charge in [0.1, 0.15) is 0 Å². The third-order valence-electron chi connectivity index (χ3n) is 0.263. The van der Waals surface area contributed by atoms with Crippen LogP contribution in [0.4, 0.5) is 4.39 Å². The van der Waals surface area contributed by atoms with Gasteiger partial charge in [-0.3, -0.25) is 4.39 Å². The van der Waals surface area contributed by atoms with Crippen molar-refractivity contribution in [3.63, 3.8) is 0 Å². The Kier molecular flexibility index (Phi) is 2.15. The maximum atomic E-state index is 11.1. The molecular weight excluding hydrogens is 67.0 g/mol. The van der Waals surface area contributed by atoms with Crippen LogP contribution in [0.1, 0.15) is 6.92 Å². The molecule has 0 aromatic carbocycles. The molecule has 1 unspecified atom stereocenters. The molecule has 0 spiro atoms. The molecule has 0 aromatic heterocycles. The molecular formula is C4H8F. The third-order valence-corrected chi connectivity index (χ3v) is 0.263. The molecule has 31 valence electrons. The van der Waals surface area contributed by atoms with Gasteiger partial charge in [0.15, 0.2) is 0 Å². The van der Waals surface area contributed by atoms with Crippen LogP contribution in [0.25, 0.3) is 0 Å². The first kappa shape index (κ1) is 4.93. The molecule has 0 fully saturated rings. The lowest BCUT2D eigenvalue weighted by molar-refractivity contribution is 0.428. The standard InChI is InChI=1S/C4H8F/c1-4(2)3-5/h4H,1,3H2,2H3. The average molecular weight is 75.1 g/mol. The van der Waals surface area contributed by atoms with Crippen LogP contribution in [0.3, 0.4) is 0 Å². The van der Waals surface area contributed by atoms with Crippen LogP contribution >= 0.6 is 0 Å². The van der Waals surface area contributed by atoms with Crippen LogP contribution in [0.5, 0.6) is 0 Å².